The summed E-state index contributed by atoms with van der Waals surface area (Å²) in [6.45, 7) is 1.16. The minimum atomic E-state index is -1.84. The first kappa shape index (κ1) is 12.1. The lowest BCUT2D eigenvalue weighted by Crippen LogP contribution is -1.90. The lowest BCUT2D eigenvalue weighted by molar-refractivity contribution is 0.220. The van der Waals surface area contributed by atoms with Crippen molar-refractivity contribution < 1.29 is 13.6 Å². The molecule has 0 radical (unpaired) electrons. The smallest absolute Gasteiger partial charge is 0.119 e. The molecule has 0 aromatic heterocycles. The van der Waals surface area contributed by atoms with Crippen LogP contribution in [0.15, 0.2) is 0 Å². The molecule has 1 rings (SSSR count). The van der Waals surface area contributed by atoms with E-state index in [0.29, 0.717) is 13.2 Å². The molecule has 82 valence electrons. The maximum absolute atomic E-state index is 11.1. The lowest BCUT2D eigenvalue weighted by Gasteiger charge is -1.98. The van der Waals surface area contributed by atoms with E-state index in [1.165, 1.54) is 38.5 Å². The maximum atomic E-state index is 11.1. The van der Waals surface area contributed by atoms with Crippen LogP contribution in [0.5, 0.6) is 0 Å². The van der Waals surface area contributed by atoms with E-state index in [9.17, 15) is 4.57 Å². The van der Waals surface area contributed by atoms with E-state index in [4.69, 9.17) is 9.05 Å². The van der Waals surface area contributed by atoms with Gasteiger partial charge in [-0.15, -0.1) is 9.05 Å². The molecule has 1 fully saturated rings. The highest BCUT2D eigenvalue weighted by Gasteiger charge is 2.19. The molecule has 0 aliphatic carbocycles. The average molecular weight is 219 g/mol. The lowest BCUT2D eigenvalue weighted by atomic mass is 10.1. The number of hydrogen-bond acceptors (Lipinski definition) is 3. The van der Waals surface area contributed by atoms with Crippen LogP contribution in [0.4, 0.5) is 0 Å². The van der Waals surface area contributed by atoms with Crippen molar-refractivity contribution in [2.24, 2.45) is 0 Å². The van der Waals surface area contributed by atoms with Crippen molar-refractivity contribution in [1.82, 2.24) is 0 Å². The molecule has 0 saturated carbocycles. The molecule has 1 saturated heterocycles. The Hall–Kier alpha value is 0.0200. The summed E-state index contributed by atoms with van der Waals surface area (Å²) in [5, 5.41) is 0. The Kier molecular flexibility index (Phi) is 7.20. The van der Waals surface area contributed by atoms with Crippen molar-refractivity contribution >= 4 is 8.25 Å². The van der Waals surface area contributed by atoms with Crippen LogP contribution < -0.4 is 0 Å². The Balaban J connectivity index is 2.15. The number of rotatable bonds is 0. The molecule has 1 aliphatic rings. The fourth-order valence-electron chi connectivity index (χ4n) is 1.58. The summed E-state index contributed by atoms with van der Waals surface area (Å²) in [5.74, 6) is 0. The molecule has 0 unspecified atom stereocenters. The first-order chi connectivity index (χ1) is 6.89. The predicted octanol–water partition coefficient (Wildman–Crippen LogP) is 3.81. The van der Waals surface area contributed by atoms with Gasteiger partial charge in [-0.25, -0.2) is 0 Å². The molecule has 0 N–H and O–H groups in total. The maximum Gasteiger partial charge on any atom is 0.697 e. The van der Waals surface area contributed by atoms with Crippen LogP contribution in [-0.2, 0) is 13.6 Å². The Labute approximate surface area is 87.1 Å². The molecular weight excluding hydrogens is 199 g/mol. The molecular formula is C10H20O3P+. The molecule has 0 spiro atoms. The van der Waals surface area contributed by atoms with Gasteiger partial charge in [-0.3, -0.25) is 0 Å². The van der Waals surface area contributed by atoms with Gasteiger partial charge in [-0.05, 0) is 12.8 Å². The third kappa shape index (κ3) is 6.47. The second-order valence-electron chi connectivity index (χ2n) is 3.72. The summed E-state index contributed by atoms with van der Waals surface area (Å²) in [4.78, 5) is 0. The van der Waals surface area contributed by atoms with Gasteiger partial charge in [0.05, 0.1) is 0 Å². The van der Waals surface area contributed by atoms with Gasteiger partial charge < -0.3 is 0 Å². The van der Waals surface area contributed by atoms with Crippen LogP contribution in [-0.4, -0.2) is 13.2 Å². The summed E-state index contributed by atoms with van der Waals surface area (Å²) in [6.07, 6.45) is 9.59. The zero-order valence-corrected chi connectivity index (χ0v) is 9.64. The average Bonchev–Trinajstić information content (AvgIpc) is 2.20. The summed E-state index contributed by atoms with van der Waals surface area (Å²) in [7, 11) is -1.84. The van der Waals surface area contributed by atoms with Crippen LogP contribution in [0.3, 0.4) is 0 Å². The summed E-state index contributed by atoms with van der Waals surface area (Å²) in [6, 6.07) is 0. The molecule has 1 heterocycles. The molecule has 4 heteroatoms. The van der Waals surface area contributed by atoms with Gasteiger partial charge in [0.15, 0.2) is 0 Å². The van der Waals surface area contributed by atoms with E-state index in [1.807, 2.05) is 0 Å². The van der Waals surface area contributed by atoms with Crippen LogP contribution in [0.2, 0.25) is 0 Å². The van der Waals surface area contributed by atoms with Gasteiger partial charge in [0, 0.05) is 4.57 Å². The van der Waals surface area contributed by atoms with Gasteiger partial charge in [0.1, 0.15) is 13.2 Å². The fraction of sp³-hybridized carbons (Fsp3) is 1.00. The van der Waals surface area contributed by atoms with Gasteiger partial charge in [-0.2, -0.15) is 0 Å². The van der Waals surface area contributed by atoms with E-state index in [0.717, 1.165) is 12.8 Å². The van der Waals surface area contributed by atoms with E-state index < -0.39 is 8.25 Å². The highest BCUT2D eigenvalue weighted by molar-refractivity contribution is 7.33. The van der Waals surface area contributed by atoms with Crippen molar-refractivity contribution in [3.8, 4) is 0 Å². The van der Waals surface area contributed by atoms with E-state index in [2.05, 4.69) is 0 Å². The van der Waals surface area contributed by atoms with Gasteiger partial charge >= 0.3 is 8.25 Å². The zero-order chi connectivity index (χ0) is 10.1. The Morgan fingerprint density at radius 3 is 1.43 bits per heavy atom. The molecule has 1 aliphatic heterocycles. The van der Waals surface area contributed by atoms with Gasteiger partial charge in [0.2, 0.25) is 0 Å². The monoisotopic (exact) mass is 219 g/mol. The molecule has 0 aromatic rings. The van der Waals surface area contributed by atoms with Gasteiger partial charge in [0.25, 0.3) is 0 Å². The molecule has 0 bridgehead atoms. The molecule has 0 amide bonds. The van der Waals surface area contributed by atoms with E-state index in [-0.39, 0.29) is 0 Å². The minimum Gasteiger partial charge on any atom is -0.119 e. The fourth-order valence-corrected chi connectivity index (χ4v) is 2.21. The normalized spacial score (nSPS) is 23.3. The highest BCUT2D eigenvalue weighted by atomic mass is 31.1. The summed E-state index contributed by atoms with van der Waals surface area (Å²) < 4.78 is 21.2. The molecule has 14 heavy (non-hydrogen) atoms. The van der Waals surface area contributed by atoms with Crippen LogP contribution in [0, 0.1) is 0 Å². The number of hydrogen-bond donors (Lipinski definition) is 0. The largest absolute Gasteiger partial charge is 0.697 e. The Morgan fingerprint density at radius 2 is 1.00 bits per heavy atom. The van der Waals surface area contributed by atoms with Crippen molar-refractivity contribution in [3.05, 3.63) is 0 Å². The SMILES string of the molecule is O=[P+]1OCCCCCCCCCCO1. The first-order valence-electron chi connectivity index (χ1n) is 5.63. The van der Waals surface area contributed by atoms with Crippen molar-refractivity contribution in [1.29, 1.82) is 0 Å². The van der Waals surface area contributed by atoms with Crippen molar-refractivity contribution in [2.45, 2.75) is 51.4 Å². The third-order valence-corrected chi connectivity index (χ3v) is 3.22. The van der Waals surface area contributed by atoms with E-state index in [1.54, 1.807) is 0 Å². The van der Waals surface area contributed by atoms with Crippen LogP contribution >= 0.6 is 8.25 Å². The Bertz CT molecular complexity index is 145. The highest BCUT2D eigenvalue weighted by Crippen LogP contribution is 2.25. The van der Waals surface area contributed by atoms with Crippen LogP contribution in [0.1, 0.15) is 51.4 Å². The predicted molar refractivity (Wildman–Crippen MR) is 56.4 cm³/mol. The summed E-state index contributed by atoms with van der Waals surface area (Å²) in [5.41, 5.74) is 0. The minimum absolute atomic E-state index is 0.579. The first-order valence-corrected chi connectivity index (χ1v) is 6.72. The molecule has 3 nitrogen and oxygen atoms in total. The Morgan fingerprint density at radius 1 is 0.643 bits per heavy atom. The third-order valence-electron chi connectivity index (χ3n) is 2.43. The standard InChI is InChI=1S/C10H20O3P/c11-14-12-9-7-5-3-1-2-4-6-8-10-13-14/h1-10H2/q+1. The quantitative estimate of drug-likeness (QED) is 0.581. The second-order valence-corrected chi connectivity index (χ2v) is 4.68. The molecule has 0 aromatic carbocycles. The van der Waals surface area contributed by atoms with Crippen LogP contribution in [0.25, 0.3) is 0 Å². The van der Waals surface area contributed by atoms with Crippen molar-refractivity contribution in [2.75, 3.05) is 13.2 Å². The summed E-state index contributed by atoms with van der Waals surface area (Å²) >= 11 is 0. The van der Waals surface area contributed by atoms with E-state index >= 15 is 0 Å². The zero-order valence-electron chi connectivity index (χ0n) is 8.74. The van der Waals surface area contributed by atoms with Gasteiger partial charge in [-0.1, -0.05) is 38.5 Å². The topological polar surface area (TPSA) is 35.5 Å². The second kappa shape index (κ2) is 8.34. The van der Waals surface area contributed by atoms with Crippen molar-refractivity contribution in [3.63, 3.8) is 0 Å². The molecule has 0 atom stereocenters.